The lowest BCUT2D eigenvalue weighted by Crippen LogP contribution is -1.95. The summed E-state index contributed by atoms with van der Waals surface area (Å²) in [6.07, 6.45) is 3.12. The van der Waals surface area contributed by atoms with E-state index in [2.05, 4.69) is 9.97 Å². The Morgan fingerprint density at radius 2 is 1.82 bits per heavy atom. The van der Waals surface area contributed by atoms with Crippen molar-refractivity contribution in [3.05, 3.63) is 35.7 Å². The minimum absolute atomic E-state index is 0.332. The van der Waals surface area contributed by atoms with Crippen molar-refractivity contribution in [2.24, 2.45) is 0 Å². The zero-order chi connectivity index (χ0) is 12.3. The van der Waals surface area contributed by atoms with Gasteiger partial charge in [-0.1, -0.05) is 17.7 Å². The Morgan fingerprint density at radius 3 is 2.47 bits per heavy atom. The van der Waals surface area contributed by atoms with Crippen molar-refractivity contribution in [2.45, 2.75) is 0 Å². The van der Waals surface area contributed by atoms with E-state index in [9.17, 15) is 0 Å². The first-order valence-corrected chi connectivity index (χ1v) is 5.33. The van der Waals surface area contributed by atoms with Gasteiger partial charge in [-0.2, -0.15) is 0 Å². The Hall–Kier alpha value is -1.81. The average Bonchev–Trinajstić information content (AvgIpc) is 2.38. The van der Waals surface area contributed by atoms with E-state index in [4.69, 9.17) is 21.1 Å². The summed E-state index contributed by atoms with van der Waals surface area (Å²) in [5.74, 6) is 1.23. The standard InChI is InChI=1S/C12H11ClN2O2/c1-16-9-5-3-4-8(11(9)17-2)10-12(13)15-7-6-14-10/h3-7H,1-2H3. The van der Waals surface area contributed by atoms with Crippen LogP contribution in [0.1, 0.15) is 0 Å². The lowest BCUT2D eigenvalue weighted by molar-refractivity contribution is 0.356. The minimum Gasteiger partial charge on any atom is -0.493 e. The molecule has 0 radical (unpaired) electrons. The van der Waals surface area contributed by atoms with Gasteiger partial charge in [0, 0.05) is 18.0 Å². The number of benzene rings is 1. The van der Waals surface area contributed by atoms with Crippen molar-refractivity contribution in [3.8, 4) is 22.8 Å². The summed E-state index contributed by atoms with van der Waals surface area (Å²) in [4.78, 5) is 8.20. The lowest BCUT2D eigenvalue weighted by atomic mass is 10.1. The van der Waals surface area contributed by atoms with Crippen LogP contribution in [0.5, 0.6) is 11.5 Å². The quantitative estimate of drug-likeness (QED) is 0.840. The number of ether oxygens (including phenoxy) is 2. The molecule has 1 heterocycles. The molecule has 2 aromatic rings. The summed E-state index contributed by atoms with van der Waals surface area (Å²) in [7, 11) is 3.16. The molecule has 5 heteroatoms. The van der Waals surface area contributed by atoms with Crippen molar-refractivity contribution < 1.29 is 9.47 Å². The summed E-state index contributed by atoms with van der Waals surface area (Å²) < 4.78 is 10.5. The molecule has 88 valence electrons. The van der Waals surface area contributed by atoms with Crippen LogP contribution in [0.4, 0.5) is 0 Å². The second-order valence-electron chi connectivity index (χ2n) is 3.24. The highest BCUT2D eigenvalue weighted by molar-refractivity contribution is 6.31. The van der Waals surface area contributed by atoms with Crippen LogP contribution in [0.3, 0.4) is 0 Å². The van der Waals surface area contributed by atoms with E-state index >= 15 is 0 Å². The average molecular weight is 251 g/mol. The van der Waals surface area contributed by atoms with Gasteiger partial charge in [0.2, 0.25) is 0 Å². The van der Waals surface area contributed by atoms with Crippen LogP contribution in [-0.4, -0.2) is 24.2 Å². The smallest absolute Gasteiger partial charge is 0.170 e. The third-order valence-corrected chi connectivity index (χ3v) is 2.59. The zero-order valence-electron chi connectivity index (χ0n) is 9.48. The molecule has 17 heavy (non-hydrogen) atoms. The van der Waals surface area contributed by atoms with Crippen LogP contribution in [0.15, 0.2) is 30.6 Å². The zero-order valence-corrected chi connectivity index (χ0v) is 10.2. The normalized spacial score (nSPS) is 10.1. The molecule has 4 nitrogen and oxygen atoms in total. The van der Waals surface area contributed by atoms with Gasteiger partial charge in [0.25, 0.3) is 0 Å². The monoisotopic (exact) mass is 250 g/mol. The number of hydrogen-bond donors (Lipinski definition) is 0. The summed E-state index contributed by atoms with van der Waals surface area (Å²) in [5, 5.41) is 0.332. The van der Waals surface area contributed by atoms with Gasteiger partial charge in [-0.25, -0.2) is 4.98 Å². The first kappa shape index (κ1) is 11.7. The van der Waals surface area contributed by atoms with Gasteiger partial charge in [-0.05, 0) is 12.1 Å². The Morgan fingerprint density at radius 1 is 1.06 bits per heavy atom. The predicted molar refractivity (Wildman–Crippen MR) is 65.6 cm³/mol. The Balaban J connectivity index is 2.63. The highest BCUT2D eigenvalue weighted by Gasteiger charge is 2.15. The molecule has 1 aromatic heterocycles. The third kappa shape index (κ3) is 2.17. The maximum atomic E-state index is 6.01. The minimum atomic E-state index is 0.332. The highest BCUT2D eigenvalue weighted by atomic mass is 35.5. The van der Waals surface area contributed by atoms with Gasteiger partial charge in [-0.15, -0.1) is 0 Å². The SMILES string of the molecule is COc1cccc(-c2nccnc2Cl)c1OC. The van der Waals surface area contributed by atoms with Crippen LogP contribution in [-0.2, 0) is 0 Å². The first-order valence-electron chi connectivity index (χ1n) is 4.95. The van der Waals surface area contributed by atoms with Crippen molar-refractivity contribution in [2.75, 3.05) is 14.2 Å². The number of nitrogens with zero attached hydrogens (tertiary/aromatic N) is 2. The molecule has 0 aliphatic rings. The first-order chi connectivity index (χ1) is 8.27. The number of aromatic nitrogens is 2. The molecule has 0 aliphatic carbocycles. The number of rotatable bonds is 3. The molecule has 0 fully saturated rings. The summed E-state index contributed by atoms with van der Waals surface area (Å²) in [6.45, 7) is 0. The fourth-order valence-electron chi connectivity index (χ4n) is 1.58. The molecule has 1 aromatic carbocycles. The number of halogens is 1. The molecule has 0 unspecified atom stereocenters. The van der Waals surface area contributed by atoms with E-state index in [1.807, 2.05) is 18.2 Å². The van der Waals surface area contributed by atoms with Gasteiger partial charge in [0.05, 0.1) is 14.2 Å². The van der Waals surface area contributed by atoms with Gasteiger partial charge in [0.15, 0.2) is 16.7 Å². The Labute approximate surface area is 104 Å². The fraction of sp³-hybridized carbons (Fsp3) is 0.167. The molecule has 0 N–H and O–H groups in total. The van der Waals surface area contributed by atoms with Crippen LogP contribution < -0.4 is 9.47 Å². The summed E-state index contributed by atoms with van der Waals surface area (Å²) >= 11 is 6.01. The molecule has 0 atom stereocenters. The van der Waals surface area contributed by atoms with E-state index in [1.54, 1.807) is 26.6 Å². The van der Waals surface area contributed by atoms with E-state index < -0.39 is 0 Å². The maximum Gasteiger partial charge on any atom is 0.170 e. The maximum absolute atomic E-state index is 6.01. The van der Waals surface area contributed by atoms with E-state index in [1.165, 1.54) is 0 Å². The lowest BCUT2D eigenvalue weighted by Gasteiger charge is -2.12. The van der Waals surface area contributed by atoms with Crippen LogP contribution in [0, 0.1) is 0 Å². The largest absolute Gasteiger partial charge is 0.493 e. The molecule has 0 saturated carbocycles. The number of hydrogen-bond acceptors (Lipinski definition) is 4. The van der Waals surface area contributed by atoms with Gasteiger partial charge >= 0.3 is 0 Å². The second-order valence-corrected chi connectivity index (χ2v) is 3.59. The van der Waals surface area contributed by atoms with Crippen molar-refractivity contribution in [1.82, 2.24) is 9.97 Å². The van der Waals surface area contributed by atoms with Crippen molar-refractivity contribution in [3.63, 3.8) is 0 Å². The van der Waals surface area contributed by atoms with Crippen LogP contribution in [0.25, 0.3) is 11.3 Å². The Bertz CT molecular complexity index is 532. The molecule has 0 spiro atoms. The summed E-state index contributed by atoms with van der Waals surface area (Å²) in [5.41, 5.74) is 1.33. The Kier molecular flexibility index (Phi) is 3.44. The second kappa shape index (κ2) is 5.01. The van der Waals surface area contributed by atoms with Gasteiger partial charge < -0.3 is 9.47 Å². The van der Waals surface area contributed by atoms with E-state index in [-0.39, 0.29) is 0 Å². The van der Waals surface area contributed by atoms with Gasteiger partial charge in [-0.3, -0.25) is 4.98 Å². The number of methoxy groups -OCH3 is 2. The molecule has 0 amide bonds. The topological polar surface area (TPSA) is 44.2 Å². The molecule has 0 bridgehead atoms. The van der Waals surface area contributed by atoms with Crippen LogP contribution in [0.2, 0.25) is 5.15 Å². The third-order valence-electron chi connectivity index (χ3n) is 2.31. The van der Waals surface area contributed by atoms with Crippen LogP contribution >= 0.6 is 11.6 Å². The van der Waals surface area contributed by atoms with E-state index in [0.29, 0.717) is 22.3 Å². The fourth-order valence-corrected chi connectivity index (χ4v) is 1.78. The predicted octanol–water partition coefficient (Wildman–Crippen LogP) is 2.81. The molecule has 0 saturated heterocycles. The molecule has 0 aliphatic heterocycles. The highest BCUT2D eigenvalue weighted by Crippen LogP contribution is 2.38. The molecular formula is C12H11ClN2O2. The van der Waals surface area contributed by atoms with Gasteiger partial charge in [0.1, 0.15) is 5.69 Å². The van der Waals surface area contributed by atoms with E-state index in [0.717, 1.165) is 5.56 Å². The summed E-state index contributed by atoms with van der Waals surface area (Å²) in [6, 6.07) is 5.52. The van der Waals surface area contributed by atoms with Crippen molar-refractivity contribution >= 4 is 11.6 Å². The van der Waals surface area contributed by atoms with Crippen molar-refractivity contribution in [1.29, 1.82) is 0 Å². The molecule has 2 rings (SSSR count). The molecular weight excluding hydrogens is 240 g/mol. The number of para-hydroxylation sites is 1.